The van der Waals surface area contributed by atoms with Crippen LogP contribution in [0.1, 0.15) is 19.6 Å². The minimum Gasteiger partial charge on any atom is -0.455 e. The van der Waals surface area contributed by atoms with Crippen LogP contribution in [0.15, 0.2) is 87.9 Å². The van der Waals surface area contributed by atoms with Gasteiger partial charge in [-0.05, 0) is 42.2 Å². The SMILES string of the molecule is CCN1C(=O)C(C#N)=C(C)/C(=C/c2cc3c(cc(-c4ccc(-c5ccccc5)cc4)n3C)o2)C1=O. The molecule has 2 aromatic carbocycles. The van der Waals surface area contributed by atoms with Crippen molar-refractivity contribution in [2.45, 2.75) is 13.8 Å². The molecule has 0 radical (unpaired) electrons. The first-order valence-electron chi connectivity index (χ1n) is 11.4. The van der Waals surface area contributed by atoms with Crippen molar-refractivity contribution in [3.8, 4) is 28.5 Å². The molecular formula is C29H23N3O3. The Hall–Kier alpha value is -4.63. The molecule has 0 N–H and O–H groups in total. The average molecular weight is 462 g/mol. The van der Waals surface area contributed by atoms with Gasteiger partial charge >= 0.3 is 0 Å². The molecule has 0 spiro atoms. The zero-order valence-electron chi connectivity index (χ0n) is 19.7. The lowest BCUT2D eigenvalue weighted by Gasteiger charge is -2.25. The number of hydrogen-bond acceptors (Lipinski definition) is 4. The van der Waals surface area contributed by atoms with Gasteiger partial charge in [0.25, 0.3) is 11.8 Å². The quantitative estimate of drug-likeness (QED) is 0.288. The summed E-state index contributed by atoms with van der Waals surface area (Å²) < 4.78 is 8.10. The van der Waals surface area contributed by atoms with Gasteiger partial charge < -0.3 is 8.98 Å². The van der Waals surface area contributed by atoms with Gasteiger partial charge in [-0.15, -0.1) is 0 Å². The van der Waals surface area contributed by atoms with Crippen LogP contribution in [-0.4, -0.2) is 27.8 Å². The monoisotopic (exact) mass is 461 g/mol. The summed E-state index contributed by atoms with van der Waals surface area (Å²) in [6.07, 6.45) is 1.61. The Morgan fingerprint density at radius 2 is 1.60 bits per heavy atom. The second kappa shape index (κ2) is 8.62. The third-order valence-corrected chi connectivity index (χ3v) is 6.47. The number of likely N-dealkylation sites (N-methyl/N-ethyl adjacent to an activating group) is 1. The fourth-order valence-electron chi connectivity index (χ4n) is 4.50. The number of nitrogens with zero attached hydrogens (tertiary/aromatic N) is 3. The molecule has 172 valence electrons. The van der Waals surface area contributed by atoms with Gasteiger partial charge in [0.05, 0.1) is 11.2 Å². The summed E-state index contributed by atoms with van der Waals surface area (Å²) in [5.74, 6) is -0.488. The smallest absolute Gasteiger partial charge is 0.271 e. The summed E-state index contributed by atoms with van der Waals surface area (Å²) in [5, 5.41) is 9.43. The summed E-state index contributed by atoms with van der Waals surface area (Å²) in [5.41, 5.74) is 6.61. The summed E-state index contributed by atoms with van der Waals surface area (Å²) in [6, 6.07) is 24.4. The second-order valence-corrected chi connectivity index (χ2v) is 8.45. The molecule has 4 aromatic rings. The van der Waals surface area contributed by atoms with E-state index in [1.165, 1.54) is 5.56 Å². The van der Waals surface area contributed by atoms with Crippen LogP contribution in [0.3, 0.4) is 0 Å². The molecule has 0 atom stereocenters. The molecule has 0 fully saturated rings. The van der Waals surface area contributed by atoms with E-state index in [1.807, 2.05) is 48.0 Å². The number of rotatable bonds is 4. The van der Waals surface area contributed by atoms with Gasteiger partial charge in [0.2, 0.25) is 0 Å². The van der Waals surface area contributed by atoms with Crippen LogP contribution < -0.4 is 0 Å². The Bertz CT molecular complexity index is 1580. The summed E-state index contributed by atoms with van der Waals surface area (Å²) in [6.45, 7) is 3.52. The van der Waals surface area contributed by atoms with Crippen LogP contribution in [0.5, 0.6) is 0 Å². The molecular weight excluding hydrogens is 438 g/mol. The molecule has 0 saturated heterocycles. The highest BCUT2D eigenvalue weighted by Crippen LogP contribution is 2.33. The van der Waals surface area contributed by atoms with E-state index in [1.54, 1.807) is 19.9 Å². The van der Waals surface area contributed by atoms with E-state index in [4.69, 9.17) is 4.42 Å². The van der Waals surface area contributed by atoms with Crippen LogP contribution in [0.4, 0.5) is 0 Å². The van der Waals surface area contributed by atoms with Gasteiger partial charge in [-0.3, -0.25) is 14.5 Å². The van der Waals surface area contributed by atoms with Gasteiger partial charge in [-0.1, -0.05) is 54.6 Å². The first kappa shape index (κ1) is 22.2. The average Bonchev–Trinajstić information content (AvgIpc) is 3.41. The normalized spacial score (nSPS) is 15.4. The molecule has 1 aliphatic heterocycles. The van der Waals surface area contributed by atoms with Crippen LogP contribution in [0.2, 0.25) is 0 Å². The Morgan fingerprint density at radius 1 is 0.943 bits per heavy atom. The number of amides is 2. The Balaban J connectivity index is 1.50. The number of aromatic nitrogens is 1. The summed E-state index contributed by atoms with van der Waals surface area (Å²) in [7, 11) is 1.97. The molecule has 35 heavy (non-hydrogen) atoms. The highest BCUT2D eigenvalue weighted by atomic mass is 16.3. The largest absolute Gasteiger partial charge is 0.455 e. The number of carbonyl (C=O) groups excluding carboxylic acids is 2. The number of aryl methyl sites for hydroxylation is 1. The van der Waals surface area contributed by atoms with E-state index in [0.29, 0.717) is 22.5 Å². The Kier molecular flexibility index (Phi) is 5.46. The summed E-state index contributed by atoms with van der Waals surface area (Å²) >= 11 is 0. The van der Waals surface area contributed by atoms with Crippen LogP contribution in [0.25, 0.3) is 39.6 Å². The zero-order chi connectivity index (χ0) is 24.7. The first-order valence-corrected chi connectivity index (χ1v) is 11.4. The van der Waals surface area contributed by atoms with E-state index in [9.17, 15) is 14.9 Å². The Morgan fingerprint density at radius 3 is 2.23 bits per heavy atom. The third kappa shape index (κ3) is 3.68. The molecule has 6 heteroatoms. The van der Waals surface area contributed by atoms with Gasteiger partial charge in [0.1, 0.15) is 17.4 Å². The molecule has 2 aromatic heterocycles. The van der Waals surface area contributed by atoms with E-state index in [-0.39, 0.29) is 12.1 Å². The highest BCUT2D eigenvalue weighted by Gasteiger charge is 2.34. The number of benzene rings is 2. The van der Waals surface area contributed by atoms with Gasteiger partial charge in [0, 0.05) is 31.3 Å². The van der Waals surface area contributed by atoms with Crippen molar-refractivity contribution in [2.24, 2.45) is 7.05 Å². The molecule has 2 amide bonds. The molecule has 5 rings (SSSR count). The standard InChI is InChI=1S/C29H23N3O3/c1-4-32-28(33)23(18(2)24(17-30)29(32)34)14-22-15-26-27(35-22)16-25(31(26)3)21-12-10-20(11-13-21)19-8-6-5-7-9-19/h5-16H,4H2,1-3H3/b23-14-. The molecule has 3 heterocycles. The third-order valence-electron chi connectivity index (χ3n) is 6.47. The predicted molar refractivity (Wildman–Crippen MR) is 135 cm³/mol. The van der Waals surface area contributed by atoms with Crippen molar-refractivity contribution < 1.29 is 14.0 Å². The maximum atomic E-state index is 12.9. The minimum absolute atomic E-state index is 0.0185. The van der Waals surface area contributed by atoms with E-state index < -0.39 is 11.8 Å². The molecule has 0 aliphatic carbocycles. The molecule has 0 bridgehead atoms. The van der Waals surface area contributed by atoms with Crippen molar-refractivity contribution >= 4 is 29.0 Å². The maximum absolute atomic E-state index is 12.9. The van der Waals surface area contributed by atoms with Crippen LogP contribution in [-0.2, 0) is 16.6 Å². The van der Waals surface area contributed by atoms with Crippen molar-refractivity contribution in [3.05, 3.63) is 89.2 Å². The molecule has 6 nitrogen and oxygen atoms in total. The zero-order valence-corrected chi connectivity index (χ0v) is 19.7. The number of fused-ring (bicyclic) bond motifs is 1. The van der Waals surface area contributed by atoms with Gasteiger partial charge in [0.15, 0.2) is 5.58 Å². The lowest BCUT2D eigenvalue weighted by atomic mass is 9.95. The van der Waals surface area contributed by atoms with Crippen molar-refractivity contribution in [2.75, 3.05) is 6.54 Å². The number of imide groups is 1. The second-order valence-electron chi connectivity index (χ2n) is 8.45. The highest BCUT2D eigenvalue weighted by molar-refractivity contribution is 6.19. The van der Waals surface area contributed by atoms with Crippen molar-refractivity contribution in [1.82, 2.24) is 9.47 Å². The molecule has 0 saturated carbocycles. The van der Waals surface area contributed by atoms with Gasteiger partial charge in [-0.2, -0.15) is 5.26 Å². The van der Waals surface area contributed by atoms with Crippen LogP contribution >= 0.6 is 0 Å². The lowest BCUT2D eigenvalue weighted by Crippen LogP contribution is -2.42. The number of nitriles is 1. The first-order chi connectivity index (χ1) is 16.9. The molecule has 0 unspecified atom stereocenters. The van der Waals surface area contributed by atoms with Gasteiger partial charge in [-0.25, -0.2) is 0 Å². The van der Waals surface area contributed by atoms with E-state index in [2.05, 4.69) is 36.4 Å². The van der Waals surface area contributed by atoms with Crippen LogP contribution in [0, 0.1) is 11.3 Å². The maximum Gasteiger partial charge on any atom is 0.271 e. The number of furan rings is 1. The van der Waals surface area contributed by atoms with Crippen molar-refractivity contribution in [3.63, 3.8) is 0 Å². The number of hydrogen-bond donors (Lipinski definition) is 0. The fourth-order valence-corrected chi connectivity index (χ4v) is 4.50. The topological polar surface area (TPSA) is 79.2 Å². The lowest BCUT2D eigenvalue weighted by molar-refractivity contribution is -0.140. The van der Waals surface area contributed by atoms with E-state index >= 15 is 0 Å². The molecule has 1 aliphatic rings. The minimum atomic E-state index is -0.554. The fraction of sp³-hybridized carbons (Fsp3) is 0.138. The predicted octanol–water partition coefficient (Wildman–Crippen LogP) is 5.72. The number of carbonyl (C=O) groups is 2. The summed E-state index contributed by atoms with van der Waals surface area (Å²) in [4.78, 5) is 26.4. The Labute approximate surface area is 203 Å². The van der Waals surface area contributed by atoms with E-state index in [0.717, 1.165) is 27.2 Å². The van der Waals surface area contributed by atoms with Crippen molar-refractivity contribution in [1.29, 1.82) is 5.26 Å².